The molecule has 1 N–H and O–H groups in total. The molecular weight excluding hydrogens is 318 g/mol. The van der Waals surface area contributed by atoms with Crippen molar-refractivity contribution in [2.45, 2.75) is 39.2 Å². The minimum Gasteiger partial charge on any atom is -0.450 e. The zero-order chi connectivity index (χ0) is 18.1. The molecule has 1 saturated heterocycles. The van der Waals surface area contributed by atoms with Gasteiger partial charge in [0, 0.05) is 44.3 Å². The molecule has 2 rings (SSSR count). The molecule has 138 valence electrons. The third kappa shape index (κ3) is 5.74. The molecule has 1 fully saturated rings. The molecule has 0 unspecified atom stereocenters. The Hall–Kier alpha value is -2.08. The Bertz CT molecular complexity index is 542. The molecule has 0 radical (unpaired) electrons. The minimum atomic E-state index is -0.224. The third-order valence-electron chi connectivity index (χ3n) is 4.48. The van der Waals surface area contributed by atoms with E-state index in [-0.39, 0.29) is 12.0 Å². The molecule has 1 heterocycles. The molecule has 1 aliphatic rings. The maximum atomic E-state index is 12.4. The fourth-order valence-electron chi connectivity index (χ4n) is 3.11. The fraction of sp³-hybridized carbons (Fsp3) is 0.579. The lowest BCUT2D eigenvalue weighted by Crippen LogP contribution is -2.45. The highest BCUT2D eigenvalue weighted by molar-refractivity contribution is 5.93. The van der Waals surface area contributed by atoms with Crippen LogP contribution in [0.1, 0.15) is 33.1 Å². The average molecular weight is 347 g/mol. The van der Waals surface area contributed by atoms with E-state index >= 15 is 0 Å². The van der Waals surface area contributed by atoms with Crippen LogP contribution >= 0.6 is 0 Å². The number of nitrogens with zero attached hydrogens (tertiary/aromatic N) is 2. The summed E-state index contributed by atoms with van der Waals surface area (Å²) in [5.74, 6) is 0.130. The van der Waals surface area contributed by atoms with Crippen molar-refractivity contribution in [2.75, 3.05) is 37.7 Å². The number of carbonyl (C=O) groups excluding carboxylic acids is 2. The second-order valence-corrected chi connectivity index (χ2v) is 6.14. The van der Waals surface area contributed by atoms with Crippen LogP contribution in [0.25, 0.3) is 0 Å². The molecule has 0 aromatic heterocycles. The zero-order valence-corrected chi connectivity index (χ0v) is 15.2. The number of carbonyl (C=O) groups is 2. The Kier molecular flexibility index (Phi) is 7.73. The van der Waals surface area contributed by atoms with E-state index in [1.54, 1.807) is 4.90 Å². The summed E-state index contributed by atoms with van der Waals surface area (Å²) in [5.41, 5.74) is 0.942. The molecule has 1 aliphatic heterocycles. The number of hydrogen-bond donors (Lipinski definition) is 1. The summed E-state index contributed by atoms with van der Waals surface area (Å²) in [6.45, 7) is 6.95. The number of anilines is 1. The summed E-state index contributed by atoms with van der Waals surface area (Å²) in [6.07, 6.45) is 2.03. The highest BCUT2D eigenvalue weighted by atomic mass is 16.6. The van der Waals surface area contributed by atoms with Crippen LogP contribution in [0.4, 0.5) is 10.5 Å². The average Bonchev–Trinajstić information content (AvgIpc) is 2.64. The molecule has 0 saturated carbocycles. The lowest BCUT2D eigenvalue weighted by molar-refractivity contribution is -0.118. The van der Waals surface area contributed by atoms with Crippen LogP contribution in [0.5, 0.6) is 0 Å². The van der Waals surface area contributed by atoms with Gasteiger partial charge in [-0.1, -0.05) is 18.2 Å². The SMILES string of the molecule is CCOC(=O)N1CCC(NCCC(=O)N(CC)c2ccccc2)CC1. The van der Waals surface area contributed by atoms with Gasteiger partial charge in [-0.3, -0.25) is 4.79 Å². The van der Waals surface area contributed by atoms with Gasteiger partial charge in [0.05, 0.1) is 6.61 Å². The monoisotopic (exact) mass is 347 g/mol. The van der Waals surface area contributed by atoms with Gasteiger partial charge in [-0.2, -0.15) is 0 Å². The Labute approximate surface area is 150 Å². The Morgan fingerprint density at radius 1 is 1.20 bits per heavy atom. The van der Waals surface area contributed by atoms with E-state index in [0.717, 1.165) is 18.5 Å². The van der Waals surface area contributed by atoms with Crippen molar-refractivity contribution in [1.29, 1.82) is 0 Å². The zero-order valence-electron chi connectivity index (χ0n) is 15.2. The normalized spacial score (nSPS) is 15.0. The van der Waals surface area contributed by atoms with Crippen LogP contribution in [-0.2, 0) is 9.53 Å². The van der Waals surface area contributed by atoms with E-state index < -0.39 is 0 Å². The van der Waals surface area contributed by atoms with Gasteiger partial charge in [-0.15, -0.1) is 0 Å². The lowest BCUT2D eigenvalue weighted by atomic mass is 10.1. The van der Waals surface area contributed by atoms with Gasteiger partial charge in [0.2, 0.25) is 5.91 Å². The number of benzene rings is 1. The van der Waals surface area contributed by atoms with Crippen molar-refractivity contribution in [3.8, 4) is 0 Å². The summed E-state index contributed by atoms with van der Waals surface area (Å²) in [5, 5.41) is 3.45. The molecule has 0 atom stereocenters. The summed E-state index contributed by atoms with van der Waals surface area (Å²) < 4.78 is 5.03. The maximum absolute atomic E-state index is 12.4. The van der Waals surface area contributed by atoms with Gasteiger partial charge in [-0.05, 0) is 38.8 Å². The fourth-order valence-corrected chi connectivity index (χ4v) is 3.11. The first-order valence-corrected chi connectivity index (χ1v) is 9.16. The molecule has 0 spiro atoms. The Morgan fingerprint density at radius 2 is 1.88 bits per heavy atom. The summed E-state index contributed by atoms with van der Waals surface area (Å²) >= 11 is 0. The molecule has 0 bridgehead atoms. The predicted molar refractivity (Wildman–Crippen MR) is 98.7 cm³/mol. The van der Waals surface area contributed by atoms with Crippen molar-refractivity contribution in [2.24, 2.45) is 0 Å². The number of nitrogens with one attached hydrogen (secondary N) is 1. The topological polar surface area (TPSA) is 61.9 Å². The Balaban J connectivity index is 1.70. The Morgan fingerprint density at radius 3 is 2.48 bits per heavy atom. The number of likely N-dealkylation sites (tertiary alicyclic amines) is 1. The van der Waals surface area contributed by atoms with Gasteiger partial charge in [-0.25, -0.2) is 4.79 Å². The van der Waals surface area contributed by atoms with Crippen LogP contribution in [0.15, 0.2) is 30.3 Å². The predicted octanol–water partition coefficient (Wildman–Crippen LogP) is 2.64. The first kappa shape index (κ1) is 19.2. The number of ether oxygens (including phenoxy) is 1. The van der Waals surface area contributed by atoms with Gasteiger partial charge in [0.25, 0.3) is 0 Å². The van der Waals surface area contributed by atoms with Gasteiger partial charge in [0.1, 0.15) is 0 Å². The van der Waals surface area contributed by atoms with Crippen molar-refractivity contribution < 1.29 is 14.3 Å². The lowest BCUT2D eigenvalue weighted by Gasteiger charge is -2.31. The van der Waals surface area contributed by atoms with E-state index in [2.05, 4.69) is 5.32 Å². The van der Waals surface area contributed by atoms with Gasteiger partial charge < -0.3 is 19.9 Å². The second-order valence-electron chi connectivity index (χ2n) is 6.14. The summed E-state index contributed by atoms with van der Waals surface area (Å²) in [7, 11) is 0. The number of hydrogen-bond acceptors (Lipinski definition) is 4. The summed E-state index contributed by atoms with van der Waals surface area (Å²) in [4.78, 5) is 27.7. The standard InChI is InChI=1S/C19H29N3O3/c1-3-22(17-8-6-5-7-9-17)18(23)10-13-20-16-11-14-21(15-12-16)19(24)25-4-2/h5-9,16,20H,3-4,10-15H2,1-2H3. The van der Waals surface area contributed by atoms with Crippen molar-refractivity contribution >= 4 is 17.7 Å². The number of rotatable bonds is 7. The number of para-hydroxylation sites is 1. The quantitative estimate of drug-likeness (QED) is 0.824. The van der Waals surface area contributed by atoms with Crippen LogP contribution in [-0.4, -0.2) is 55.7 Å². The van der Waals surface area contributed by atoms with Gasteiger partial charge >= 0.3 is 6.09 Å². The van der Waals surface area contributed by atoms with E-state index in [9.17, 15) is 9.59 Å². The van der Waals surface area contributed by atoms with Crippen LogP contribution in [0.2, 0.25) is 0 Å². The maximum Gasteiger partial charge on any atom is 0.409 e. The van der Waals surface area contributed by atoms with Gasteiger partial charge in [0.15, 0.2) is 0 Å². The van der Waals surface area contributed by atoms with Crippen LogP contribution in [0, 0.1) is 0 Å². The molecule has 2 amide bonds. The van der Waals surface area contributed by atoms with E-state index in [1.165, 1.54) is 0 Å². The summed E-state index contributed by atoms with van der Waals surface area (Å²) in [6, 6.07) is 10.1. The van der Waals surface area contributed by atoms with Crippen LogP contribution < -0.4 is 10.2 Å². The molecule has 6 nitrogen and oxygen atoms in total. The largest absolute Gasteiger partial charge is 0.450 e. The van der Waals surface area contributed by atoms with E-state index in [4.69, 9.17) is 4.74 Å². The van der Waals surface area contributed by atoms with Crippen molar-refractivity contribution in [3.05, 3.63) is 30.3 Å². The first-order chi connectivity index (χ1) is 12.2. The molecule has 1 aromatic rings. The second kappa shape index (κ2) is 10.0. The van der Waals surface area contributed by atoms with Crippen molar-refractivity contribution in [3.63, 3.8) is 0 Å². The minimum absolute atomic E-state index is 0.130. The molecule has 6 heteroatoms. The smallest absolute Gasteiger partial charge is 0.409 e. The number of piperidine rings is 1. The molecule has 0 aliphatic carbocycles. The molecule has 1 aromatic carbocycles. The first-order valence-electron chi connectivity index (χ1n) is 9.16. The van der Waals surface area contributed by atoms with E-state index in [1.807, 2.05) is 49.1 Å². The number of amides is 2. The van der Waals surface area contributed by atoms with Crippen LogP contribution in [0.3, 0.4) is 0 Å². The highest BCUT2D eigenvalue weighted by Crippen LogP contribution is 2.15. The third-order valence-corrected chi connectivity index (χ3v) is 4.48. The highest BCUT2D eigenvalue weighted by Gasteiger charge is 2.23. The molecule has 25 heavy (non-hydrogen) atoms. The van der Waals surface area contributed by atoms with Crippen molar-refractivity contribution in [1.82, 2.24) is 10.2 Å². The molecular formula is C19H29N3O3. The van der Waals surface area contributed by atoms with E-state index in [0.29, 0.717) is 45.2 Å².